The van der Waals surface area contributed by atoms with Crippen LogP contribution in [0.25, 0.3) is 0 Å². The van der Waals surface area contributed by atoms with Crippen molar-refractivity contribution in [1.29, 1.82) is 0 Å². The zero-order valence-electron chi connectivity index (χ0n) is 10.3. The summed E-state index contributed by atoms with van der Waals surface area (Å²) >= 11 is 0. The Hall–Kier alpha value is -0.610. The molecule has 0 aromatic heterocycles. The van der Waals surface area contributed by atoms with Crippen LogP contribution in [0.2, 0.25) is 0 Å². The Bertz CT molecular complexity index is 175. The molecule has 0 aliphatic heterocycles. The van der Waals surface area contributed by atoms with Crippen molar-refractivity contribution in [3.05, 3.63) is 0 Å². The van der Waals surface area contributed by atoms with E-state index in [9.17, 15) is 4.79 Å². The second-order valence-corrected chi connectivity index (χ2v) is 3.72. The molecule has 0 aromatic carbocycles. The SMILES string of the molecule is CCCNC(C)(CCOC)C(=O)OCC. The van der Waals surface area contributed by atoms with Gasteiger partial charge < -0.3 is 14.8 Å². The highest BCUT2D eigenvalue weighted by molar-refractivity contribution is 5.80. The first-order valence-corrected chi connectivity index (χ1v) is 5.52. The molecule has 1 atom stereocenters. The van der Waals surface area contributed by atoms with Crippen molar-refractivity contribution in [1.82, 2.24) is 5.32 Å². The van der Waals surface area contributed by atoms with Gasteiger partial charge in [0.2, 0.25) is 0 Å². The van der Waals surface area contributed by atoms with Gasteiger partial charge >= 0.3 is 5.97 Å². The number of ether oxygens (including phenoxy) is 2. The van der Waals surface area contributed by atoms with E-state index in [4.69, 9.17) is 9.47 Å². The second-order valence-electron chi connectivity index (χ2n) is 3.72. The van der Waals surface area contributed by atoms with E-state index in [2.05, 4.69) is 12.2 Å². The maximum absolute atomic E-state index is 11.7. The molecular formula is C11H23NO3. The lowest BCUT2D eigenvalue weighted by Gasteiger charge is -2.28. The van der Waals surface area contributed by atoms with Crippen LogP contribution in [0.15, 0.2) is 0 Å². The van der Waals surface area contributed by atoms with E-state index >= 15 is 0 Å². The maximum Gasteiger partial charge on any atom is 0.326 e. The van der Waals surface area contributed by atoms with Gasteiger partial charge in [-0.15, -0.1) is 0 Å². The molecule has 0 rings (SSSR count). The van der Waals surface area contributed by atoms with Gasteiger partial charge in [0, 0.05) is 13.7 Å². The average molecular weight is 217 g/mol. The molecule has 0 aliphatic carbocycles. The summed E-state index contributed by atoms with van der Waals surface area (Å²) in [7, 11) is 1.63. The molecule has 0 amide bonds. The van der Waals surface area contributed by atoms with E-state index < -0.39 is 5.54 Å². The van der Waals surface area contributed by atoms with Crippen molar-refractivity contribution in [3.63, 3.8) is 0 Å². The summed E-state index contributed by atoms with van der Waals surface area (Å²) < 4.78 is 10.0. The normalized spacial score (nSPS) is 14.7. The summed E-state index contributed by atoms with van der Waals surface area (Å²) in [5.74, 6) is -0.199. The summed E-state index contributed by atoms with van der Waals surface area (Å²) in [6, 6.07) is 0. The molecule has 0 saturated heterocycles. The number of hydrogen-bond donors (Lipinski definition) is 1. The summed E-state index contributed by atoms with van der Waals surface area (Å²) in [5.41, 5.74) is -0.623. The van der Waals surface area contributed by atoms with E-state index in [1.54, 1.807) is 7.11 Å². The molecule has 15 heavy (non-hydrogen) atoms. The van der Waals surface area contributed by atoms with Crippen LogP contribution >= 0.6 is 0 Å². The zero-order valence-corrected chi connectivity index (χ0v) is 10.3. The van der Waals surface area contributed by atoms with Gasteiger partial charge in [-0.1, -0.05) is 6.92 Å². The van der Waals surface area contributed by atoms with Gasteiger partial charge in [-0.3, -0.25) is 4.79 Å². The standard InChI is InChI=1S/C11H23NO3/c1-5-8-12-11(3,7-9-14-4)10(13)15-6-2/h12H,5-9H2,1-4H3. The number of carbonyl (C=O) groups is 1. The highest BCUT2D eigenvalue weighted by Crippen LogP contribution is 2.12. The minimum Gasteiger partial charge on any atom is -0.465 e. The molecule has 0 aliphatic rings. The predicted octanol–water partition coefficient (Wildman–Crippen LogP) is 1.34. The van der Waals surface area contributed by atoms with Gasteiger partial charge in [0.05, 0.1) is 6.61 Å². The molecule has 0 fully saturated rings. The molecule has 0 bridgehead atoms. The third-order valence-electron chi connectivity index (χ3n) is 2.30. The van der Waals surface area contributed by atoms with Crippen LogP contribution < -0.4 is 5.32 Å². The molecule has 0 spiro atoms. The number of rotatable bonds is 8. The lowest BCUT2D eigenvalue weighted by molar-refractivity contribution is -0.151. The van der Waals surface area contributed by atoms with E-state index in [1.165, 1.54) is 0 Å². The van der Waals surface area contributed by atoms with Crippen molar-refractivity contribution in [2.45, 2.75) is 39.2 Å². The fourth-order valence-corrected chi connectivity index (χ4v) is 1.26. The molecule has 4 heteroatoms. The van der Waals surface area contributed by atoms with E-state index in [0.29, 0.717) is 19.6 Å². The number of carbonyl (C=O) groups excluding carboxylic acids is 1. The predicted molar refractivity (Wildman–Crippen MR) is 59.8 cm³/mol. The van der Waals surface area contributed by atoms with Gasteiger partial charge in [0.15, 0.2) is 0 Å². The number of hydrogen-bond acceptors (Lipinski definition) is 4. The smallest absolute Gasteiger partial charge is 0.326 e. The first kappa shape index (κ1) is 14.4. The molecule has 0 saturated carbocycles. The van der Waals surface area contributed by atoms with Gasteiger partial charge in [-0.2, -0.15) is 0 Å². The van der Waals surface area contributed by atoms with Crippen molar-refractivity contribution >= 4 is 5.97 Å². The minimum absolute atomic E-state index is 0.199. The number of nitrogens with one attached hydrogen (secondary N) is 1. The van der Waals surface area contributed by atoms with E-state index in [0.717, 1.165) is 13.0 Å². The lowest BCUT2D eigenvalue weighted by atomic mass is 9.98. The van der Waals surface area contributed by atoms with E-state index in [1.807, 2.05) is 13.8 Å². The number of esters is 1. The highest BCUT2D eigenvalue weighted by atomic mass is 16.5. The van der Waals surface area contributed by atoms with Crippen LogP contribution in [-0.2, 0) is 14.3 Å². The maximum atomic E-state index is 11.7. The molecular weight excluding hydrogens is 194 g/mol. The first-order chi connectivity index (χ1) is 7.10. The van der Waals surface area contributed by atoms with Crippen molar-refractivity contribution < 1.29 is 14.3 Å². The Kier molecular flexibility index (Phi) is 7.34. The molecule has 0 aromatic rings. The Labute approximate surface area is 92.3 Å². The topological polar surface area (TPSA) is 47.6 Å². The Balaban J connectivity index is 4.30. The quantitative estimate of drug-likeness (QED) is 0.623. The van der Waals surface area contributed by atoms with E-state index in [-0.39, 0.29) is 5.97 Å². The van der Waals surface area contributed by atoms with Crippen molar-refractivity contribution in [3.8, 4) is 0 Å². The lowest BCUT2D eigenvalue weighted by Crippen LogP contribution is -2.51. The fourth-order valence-electron chi connectivity index (χ4n) is 1.26. The van der Waals surface area contributed by atoms with Crippen LogP contribution in [0.3, 0.4) is 0 Å². The van der Waals surface area contributed by atoms with Crippen LogP contribution in [0.5, 0.6) is 0 Å². The van der Waals surface area contributed by atoms with Crippen LogP contribution in [-0.4, -0.2) is 38.4 Å². The van der Waals surface area contributed by atoms with Crippen LogP contribution in [0, 0.1) is 0 Å². The third kappa shape index (κ3) is 5.14. The van der Waals surface area contributed by atoms with Crippen LogP contribution in [0.4, 0.5) is 0 Å². The van der Waals surface area contributed by atoms with Crippen molar-refractivity contribution in [2.75, 3.05) is 26.9 Å². The monoisotopic (exact) mass is 217 g/mol. The van der Waals surface area contributed by atoms with Gasteiger partial charge in [-0.05, 0) is 33.2 Å². The Morgan fingerprint density at radius 3 is 2.53 bits per heavy atom. The highest BCUT2D eigenvalue weighted by Gasteiger charge is 2.33. The largest absolute Gasteiger partial charge is 0.465 e. The van der Waals surface area contributed by atoms with Gasteiger partial charge in [0.25, 0.3) is 0 Å². The van der Waals surface area contributed by atoms with Crippen molar-refractivity contribution in [2.24, 2.45) is 0 Å². The molecule has 1 N–H and O–H groups in total. The Morgan fingerprint density at radius 2 is 2.07 bits per heavy atom. The molecule has 0 radical (unpaired) electrons. The summed E-state index contributed by atoms with van der Waals surface area (Å²) in [4.78, 5) is 11.7. The molecule has 0 heterocycles. The summed E-state index contributed by atoms with van der Waals surface area (Å²) in [6.07, 6.45) is 1.62. The fraction of sp³-hybridized carbons (Fsp3) is 0.909. The molecule has 90 valence electrons. The summed E-state index contributed by atoms with van der Waals surface area (Å²) in [6.45, 7) is 7.50. The second kappa shape index (κ2) is 7.65. The molecule has 4 nitrogen and oxygen atoms in total. The van der Waals surface area contributed by atoms with Crippen LogP contribution in [0.1, 0.15) is 33.6 Å². The summed E-state index contributed by atoms with van der Waals surface area (Å²) in [5, 5.41) is 3.21. The third-order valence-corrected chi connectivity index (χ3v) is 2.30. The average Bonchev–Trinajstić information content (AvgIpc) is 2.24. The van der Waals surface area contributed by atoms with Gasteiger partial charge in [-0.25, -0.2) is 0 Å². The first-order valence-electron chi connectivity index (χ1n) is 5.52. The minimum atomic E-state index is -0.623. The number of methoxy groups -OCH3 is 1. The Morgan fingerprint density at radius 1 is 1.40 bits per heavy atom. The van der Waals surface area contributed by atoms with Gasteiger partial charge in [0.1, 0.15) is 5.54 Å². The molecule has 1 unspecified atom stereocenters. The zero-order chi connectivity index (χ0) is 11.7.